The molecule has 2 unspecified atom stereocenters. The first-order valence-electron chi connectivity index (χ1n) is 6.30. The highest BCUT2D eigenvalue weighted by atomic mass is 16.6. The van der Waals surface area contributed by atoms with Crippen molar-refractivity contribution < 1.29 is 9.66 Å². The van der Waals surface area contributed by atoms with Gasteiger partial charge in [-0.05, 0) is 32.5 Å². The molecule has 1 heterocycles. The Bertz CT molecular complexity index is 468. The SMILES string of the molecule is COc1ccc(NC2CC(C)N(C)C2)cc1[N+](=O)[O-]. The molecule has 0 saturated carbocycles. The van der Waals surface area contributed by atoms with E-state index in [2.05, 4.69) is 24.2 Å². The van der Waals surface area contributed by atoms with Crippen LogP contribution >= 0.6 is 0 Å². The van der Waals surface area contributed by atoms with Crippen molar-refractivity contribution >= 4 is 11.4 Å². The molecule has 0 aliphatic carbocycles. The van der Waals surface area contributed by atoms with Crippen LogP contribution in [0.4, 0.5) is 11.4 Å². The van der Waals surface area contributed by atoms with Crippen LogP contribution in [0.5, 0.6) is 5.75 Å². The molecule has 1 aromatic rings. The quantitative estimate of drug-likeness (QED) is 0.667. The Labute approximate surface area is 112 Å². The van der Waals surface area contributed by atoms with E-state index in [1.54, 1.807) is 6.07 Å². The summed E-state index contributed by atoms with van der Waals surface area (Å²) >= 11 is 0. The Hall–Kier alpha value is -1.82. The fourth-order valence-electron chi connectivity index (χ4n) is 2.46. The molecule has 2 atom stereocenters. The van der Waals surface area contributed by atoms with Gasteiger partial charge in [-0.15, -0.1) is 0 Å². The molecular formula is C13H19N3O3. The van der Waals surface area contributed by atoms with Gasteiger partial charge in [0, 0.05) is 30.4 Å². The summed E-state index contributed by atoms with van der Waals surface area (Å²) in [5.74, 6) is 0.285. The summed E-state index contributed by atoms with van der Waals surface area (Å²) in [4.78, 5) is 12.8. The van der Waals surface area contributed by atoms with Crippen molar-refractivity contribution in [2.75, 3.05) is 26.0 Å². The smallest absolute Gasteiger partial charge is 0.312 e. The van der Waals surface area contributed by atoms with Gasteiger partial charge >= 0.3 is 5.69 Å². The maximum Gasteiger partial charge on any atom is 0.312 e. The Morgan fingerprint density at radius 3 is 2.79 bits per heavy atom. The molecule has 6 heteroatoms. The van der Waals surface area contributed by atoms with E-state index in [4.69, 9.17) is 4.74 Å². The van der Waals surface area contributed by atoms with Crippen molar-refractivity contribution in [3.63, 3.8) is 0 Å². The maximum atomic E-state index is 11.0. The molecule has 0 amide bonds. The third-order valence-electron chi connectivity index (χ3n) is 3.63. The van der Waals surface area contributed by atoms with E-state index in [0.717, 1.165) is 18.7 Å². The molecule has 1 fully saturated rings. The topological polar surface area (TPSA) is 67.6 Å². The summed E-state index contributed by atoms with van der Waals surface area (Å²) < 4.78 is 4.99. The van der Waals surface area contributed by atoms with Crippen molar-refractivity contribution in [3.8, 4) is 5.75 Å². The van der Waals surface area contributed by atoms with Gasteiger partial charge in [0.2, 0.25) is 0 Å². The van der Waals surface area contributed by atoms with Gasteiger partial charge in [-0.2, -0.15) is 0 Å². The summed E-state index contributed by atoms with van der Waals surface area (Å²) in [5.41, 5.74) is 0.756. The second kappa shape index (κ2) is 5.44. The largest absolute Gasteiger partial charge is 0.490 e. The number of likely N-dealkylation sites (tertiary alicyclic amines) is 1. The highest BCUT2D eigenvalue weighted by Crippen LogP contribution is 2.30. The molecule has 2 rings (SSSR count). The molecule has 1 N–H and O–H groups in total. The molecule has 0 radical (unpaired) electrons. The van der Waals surface area contributed by atoms with Crippen LogP contribution in [0.1, 0.15) is 13.3 Å². The molecule has 1 aliphatic rings. The van der Waals surface area contributed by atoms with E-state index in [1.165, 1.54) is 13.2 Å². The fraction of sp³-hybridized carbons (Fsp3) is 0.538. The summed E-state index contributed by atoms with van der Waals surface area (Å²) in [6.45, 7) is 3.12. The zero-order valence-electron chi connectivity index (χ0n) is 11.4. The Morgan fingerprint density at radius 2 is 2.26 bits per heavy atom. The second-order valence-corrected chi connectivity index (χ2v) is 5.01. The Morgan fingerprint density at radius 1 is 1.53 bits per heavy atom. The van der Waals surface area contributed by atoms with Crippen LogP contribution in [-0.4, -0.2) is 42.6 Å². The number of rotatable bonds is 4. The van der Waals surface area contributed by atoms with E-state index in [9.17, 15) is 10.1 Å². The molecule has 0 aromatic heterocycles. The maximum absolute atomic E-state index is 11.0. The number of anilines is 1. The van der Waals surface area contributed by atoms with Crippen LogP contribution in [0, 0.1) is 10.1 Å². The minimum Gasteiger partial charge on any atom is -0.490 e. The van der Waals surface area contributed by atoms with E-state index >= 15 is 0 Å². The molecule has 1 saturated heterocycles. The van der Waals surface area contributed by atoms with Crippen molar-refractivity contribution in [2.45, 2.75) is 25.4 Å². The summed E-state index contributed by atoms with van der Waals surface area (Å²) in [6.07, 6.45) is 1.04. The van der Waals surface area contributed by atoms with Gasteiger partial charge in [-0.3, -0.25) is 10.1 Å². The predicted octanol–water partition coefficient (Wildman–Crippen LogP) is 2.11. The average molecular weight is 265 g/mol. The lowest BCUT2D eigenvalue weighted by molar-refractivity contribution is -0.385. The van der Waals surface area contributed by atoms with Gasteiger partial charge in [0.25, 0.3) is 0 Å². The fourth-order valence-corrected chi connectivity index (χ4v) is 2.46. The van der Waals surface area contributed by atoms with Crippen molar-refractivity contribution in [2.24, 2.45) is 0 Å². The van der Waals surface area contributed by atoms with Gasteiger partial charge in [-0.1, -0.05) is 0 Å². The molecule has 1 aromatic carbocycles. The minimum atomic E-state index is -0.423. The first-order chi connectivity index (χ1) is 9.01. The van der Waals surface area contributed by atoms with Crippen LogP contribution in [0.2, 0.25) is 0 Å². The van der Waals surface area contributed by atoms with Crippen molar-refractivity contribution in [1.29, 1.82) is 0 Å². The number of likely N-dealkylation sites (N-methyl/N-ethyl adjacent to an activating group) is 1. The van der Waals surface area contributed by atoms with Crippen LogP contribution in [0.15, 0.2) is 18.2 Å². The number of hydrogen-bond donors (Lipinski definition) is 1. The van der Waals surface area contributed by atoms with Crippen LogP contribution in [-0.2, 0) is 0 Å². The lowest BCUT2D eigenvalue weighted by Crippen LogP contribution is -2.24. The van der Waals surface area contributed by atoms with Crippen LogP contribution in [0.25, 0.3) is 0 Å². The van der Waals surface area contributed by atoms with E-state index in [-0.39, 0.29) is 11.4 Å². The predicted molar refractivity (Wildman–Crippen MR) is 73.8 cm³/mol. The highest BCUT2D eigenvalue weighted by Gasteiger charge is 2.26. The molecule has 104 valence electrons. The number of nitrogens with zero attached hydrogens (tertiary/aromatic N) is 2. The van der Waals surface area contributed by atoms with Gasteiger partial charge in [0.1, 0.15) is 0 Å². The molecule has 1 aliphatic heterocycles. The average Bonchev–Trinajstić information content (AvgIpc) is 2.68. The van der Waals surface area contributed by atoms with Crippen LogP contribution < -0.4 is 10.1 Å². The molecular weight excluding hydrogens is 246 g/mol. The minimum absolute atomic E-state index is 0.00750. The first kappa shape index (κ1) is 13.6. The van der Waals surface area contributed by atoms with E-state index < -0.39 is 4.92 Å². The number of nitro groups is 1. The zero-order chi connectivity index (χ0) is 14.0. The Kier molecular flexibility index (Phi) is 3.90. The van der Waals surface area contributed by atoms with Gasteiger partial charge < -0.3 is 15.0 Å². The lowest BCUT2D eigenvalue weighted by atomic mass is 10.1. The van der Waals surface area contributed by atoms with Crippen molar-refractivity contribution in [3.05, 3.63) is 28.3 Å². The Balaban J connectivity index is 2.13. The number of ether oxygens (including phenoxy) is 1. The normalized spacial score (nSPS) is 23.3. The van der Waals surface area contributed by atoms with E-state index in [1.807, 2.05) is 6.07 Å². The van der Waals surface area contributed by atoms with Gasteiger partial charge in [0.15, 0.2) is 5.75 Å². The lowest BCUT2D eigenvalue weighted by Gasteiger charge is -2.14. The molecule has 6 nitrogen and oxygen atoms in total. The van der Waals surface area contributed by atoms with Crippen LogP contribution in [0.3, 0.4) is 0 Å². The summed E-state index contributed by atoms with van der Waals surface area (Å²) in [5, 5.41) is 14.3. The molecule has 0 bridgehead atoms. The number of benzene rings is 1. The standard InChI is InChI=1S/C13H19N3O3/c1-9-6-11(8-15(9)2)14-10-4-5-13(19-3)12(7-10)16(17)18/h4-5,7,9,11,14H,6,8H2,1-3H3. The molecule has 19 heavy (non-hydrogen) atoms. The number of nitro benzene ring substituents is 1. The summed E-state index contributed by atoms with van der Waals surface area (Å²) in [7, 11) is 3.52. The first-order valence-corrected chi connectivity index (χ1v) is 6.30. The summed E-state index contributed by atoms with van der Waals surface area (Å²) in [6, 6.07) is 5.83. The van der Waals surface area contributed by atoms with Crippen molar-refractivity contribution in [1.82, 2.24) is 4.90 Å². The monoisotopic (exact) mass is 265 g/mol. The number of hydrogen-bond acceptors (Lipinski definition) is 5. The third-order valence-corrected chi connectivity index (χ3v) is 3.63. The third kappa shape index (κ3) is 2.96. The number of methoxy groups -OCH3 is 1. The van der Waals surface area contributed by atoms with Gasteiger partial charge in [-0.25, -0.2) is 0 Å². The number of nitrogens with one attached hydrogen (secondary N) is 1. The van der Waals surface area contributed by atoms with Gasteiger partial charge in [0.05, 0.1) is 12.0 Å². The zero-order valence-corrected chi connectivity index (χ0v) is 11.4. The molecule has 0 spiro atoms. The van der Waals surface area contributed by atoms with E-state index in [0.29, 0.717) is 12.1 Å². The second-order valence-electron chi connectivity index (χ2n) is 5.01. The highest BCUT2D eigenvalue weighted by molar-refractivity contribution is 5.59.